The molecule has 3 atom stereocenters. The van der Waals surface area contributed by atoms with Gasteiger partial charge in [0.25, 0.3) is 5.91 Å². The molecule has 3 N–H and O–H groups in total. The van der Waals surface area contributed by atoms with Gasteiger partial charge in [-0.15, -0.1) is 0 Å². The lowest BCUT2D eigenvalue weighted by molar-refractivity contribution is -0.127. The van der Waals surface area contributed by atoms with Gasteiger partial charge in [0.05, 0.1) is 17.7 Å². The second-order valence-corrected chi connectivity index (χ2v) is 7.43. The number of benzene rings is 1. The topological polar surface area (TPSA) is 83.4 Å². The molecule has 6 nitrogen and oxygen atoms in total. The zero-order valence-corrected chi connectivity index (χ0v) is 16.1. The van der Waals surface area contributed by atoms with Crippen LogP contribution in [0.1, 0.15) is 40.9 Å². The van der Waals surface area contributed by atoms with E-state index >= 15 is 0 Å². The van der Waals surface area contributed by atoms with Crippen LogP contribution >= 0.6 is 0 Å². The highest BCUT2D eigenvalue weighted by Crippen LogP contribution is 2.25. The van der Waals surface area contributed by atoms with Gasteiger partial charge in [-0.3, -0.25) is 9.59 Å². The van der Waals surface area contributed by atoms with Crippen molar-refractivity contribution in [2.75, 3.05) is 0 Å². The molecule has 0 saturated heterocycles. The average Bonchev–Trinajstić information content (AvgIpc) is 3.01. The molecule has 1 aromatic carbocycles. The minimum absolute atomic E-state index is 0.119. The molecule has 0 unspecified atom stereocenters. The number of aliphatic hydroxyl groups excluding tert-OH is 1. The van der Waals surface area contributed by atoms with Gasteiger partial charge in [0, 0.05) is 31.4 Å². The molecule has 1 aliphatic carbocycles. The number of amides is 2. The Kier molecular flexibility index (Phi) is 6.14. The van der Waals surface area contributed by atoms with Crippen LogP contribution in [0.4, 0.5) is 4.39 Å². The first-order valence-electron chi connectivity index (χ1n) is 9.48. The lowest BCUT2D eigenvalue weighted by Gasteiger charge is -2.33. The van der Waals surface area contributed by atoms with E-state index in [1.165, 1.54) is 12.1 Å². The van der Waals surface area contributed by atoms with E-state index in [0.29, 0.717) is 31.4 Å². The summed E-state index contributed by atoms with van der Waals surface area (Å²) in [5.41, 5.74) is 2.23. The zero-order chi connectivity index (χ0) is 20.3. The second kappa shape index (κ2) is 8.56. The number of carbonyl (C=O) groups excluding carboxylic acids is 2. The van der Waals surface area contributed by atoms with Gasteiger partial charge >= 0.3 is 0 Å². The maximum absolute atomic E-state index is 13.0. The first-order chi connectivity index (χ1) is 13.3. The van der Waals surface area contributed by atoms with Crippen LogP contribution in [0.2, 0.25) is 0 Å². The summed E-state index contributed by atoms with van der Waals surface area (Å²) < 4.78 is 14.8. The Hall–Kier alpha value is -2.67. The van der Waals surface area contributed by atoms with Crippen LogP contribution in [-0.2, 0) is 18.4 Å². The Bertz CT molecular complexity index is 847. The zero-order valence-electron chi connectivity index (χ0n) is 16.1. The van der Waals surface area contributed by atoms with E-state index in [9.17, 15) is 19.1 Å². The van der Waals surface area contributed by atoms with Crippen molar-refractivity contribution in [1.82, 2.24) is 15.2 Å². The van der Waals surface area contributed by atoms with Crippen molar-refractivity contribution < 1.29 is 19.1 Å². The molecule has 28 heavy (non-hydrogen) atoms. The Morgan fingerprint density at radius 1 is 1.21 bits per heavy atom. The summed E-state index contributed by atoms with van der Waals surface area (Å²) in [7, 11) is 1.86. The standard InChI is InChI=1S/C21H26FN3O3/c1-13-17(9-10-25(13)2)21(28)24-18-11-15(5-8-19(18)26)20(27)23-12-14-3-6-16(22)7-4-14/h3-4,6-7,9-10,15,18-19,26H,5,8,11-12H2,1-2H3,(H,23,27)(H,24,28)/t15-,18+,19+/m0/s1. The second-order valence-electron chi connectivity index (χ2n) is 7.43. The van der Waals surface area contributed by atoms with E-state index in [1.54, 1.807) is 18.2 Å². The summed E-state index contributed by atoms with van der Waals surface area (Å²) >= 11 is 0. The van der Waals surface area contributed by atoms with Crippen molar-refractivity contribution in [2.24, 2.45) is 13.0 Å². The third kappa shape index (κ3) is 4.59. The normalized spacial score (nSPS) is 21.9. The number of carbonyl (C=O) groups is 2. The number of nitrogens with one attached hydrogen (secondary N) is 2. The van der Waals surface area contributed by atoms with Gasteiger partial charge < -0.3 is 20.3 Å². The Morgan fingerprint density at radius 2 is 1.93 bits per heavy atom. The molecule has 0 aliphatic heterocycles. The van der Waals surface area contributed by atoms with Crippen LogP contribution in [-0.4, -0.2) is 33.6 Å². The molecular weight excluding hydrogens is 361 g/mol. The molecule has 1 aliphatic rings. The Balaban J connectivity index is 1.57. The molecule has 0 bridgehead atoms. The third-order valence-electron chi connectivity index (χ3n) is 5.51. The number of aliphatic hydroxyl groups is 1. The molecule has 1 heterocycles. The highest BCUT2D eigenvalue weighted by Gasteiger charge is 2.34. The number of hydrogen-bond donors (Lipinski definition) is 3. The van der Waals surface area contributed by atoms with Crippen LogP contribution < -0.4 is 10.6 Å². The fourth-order valence-corrected chi connectivity index (χ4v) is 3.58. The van der Waals surface area contributed by atoms with Crippen molar-refractivity contribution in [3.63, 3.8) is 0 Å². The van der Waals surface area contributed by atoms with Crippen LogP contribution in [0.5, 0.6) is 0 Å². The minimum atomic E-state index is -0.672. The highest BCUT2D eigenvalue weighted by molar-refractivity contribution is 5.95. The largest absolute Gasteiger partial charge is 0.391 e. The number of aryl methyl sites for hydroxylation is 1. The van der Waals surface area contributed by atoms with E-state index in [-0.39, 0.29) is 23.5 Å². The quantitative estimate of drug-likeness (QED) is 0.734. The van der Waals surface area contributed by atoms with Crippen LogP contribution in [0.15, 0.2) is 36.5 Å². The van der Waals surface area contributed by atoms with Gasteiger partial charge in [0.1, 0.15) is 5.82 Å². The predicted octanol–water partition coefficient (Wildman–Crippen LogP) is 2.05. The fraction of sp³-hybridized carbons (Fsp3) is 0.429. The number of nitrogens with zero attached hydrogens (tertiary/aromatic N) is 1. The molecule has 1 aromatic heterocycles. The smallest absolute Gasteiger partial charge is 0.253 e. The van der Waals surface area contributed by atoms with Crippen LogP contribution in [0.25, 0.3) is 0 Å². The monoisotopic (exact) mass is 387 g/mol. The molecule has 1 fully saturated rings. The minimum Gasteiger partial charge on any atom is -0.391 e. The molecule has 3 rings (SSSR count). The summed E-state index contributed by atoms with van der Waals surface area (Å²) in [5.74, 6) is -0.963. The molecule has 1 saturated carbocycles. The first-order valence-corrected chi connectivity index (χ1v) is 9.48. The van der Waals surface area contributed by atoms with Crippen molar-refractivity contribution in [2.45, 2.75) is 44.9 Å². The van der Waals surface area contributed by atoms with Crippen molar-refractivity contribution in [3.8, 4) is 0 Å². The molecule has 150 valence electrons. The maximum atomic E-state index is 13.0. The first kappa shape index (κ1) is 20.1. The number of aromatic nitrogens is 1. The Morgan fingerprint density at radius 3 is 2.57 bits per heavy atom. The van der Waals surface area contributed by atoms with Crippen molar-refractivity contribution in [1.29, 1.82) is 0 Å². The van der Waals surface area contributed by atoms with Gasteiger partial charge in [-0.1, -0.05) is 12.1 Å². The number of rotatable bonds is 5. The van der Waals surface area contributed by atoms with Crippen LogP contribution in [0.3, 0.4) is 0 Å². The van der Waals surface area contributed by atoms with Gasteiger partial charge in [-0.25, -0.2) is 4.39 Å². The van der Waals surface area contributed by atoms with E-state index < -0.39 is 12.1 Å². The molecule has 7 heteroatoms. The van der Waals surface area contributed by atoms with Crippen LogP contribution in [0, 0.1) is 18.7 Å². The highest BCUT2D eigenvalue weighted by atomic mass is 19.1. The summed E-state index contributed by atoms with van der Waals surface area (Å²) in [5, 5.41) is 16.0. The van der Waals surface area contributed by atoms with E-state index in [1.807, 2.05) is 24.7 Å². The number of halogens is 1. The van der Waals surface area contributed by atoms with Gasteiger partial charge in [0.2, 0.25) is 5.91 Å². The predicted molar refractivity (Wildman–Crippen MR) is 103 cm³/mol. The van der Waals surface area contributed by atoms with Crippen molar-refractivity contribution >= 4 is 11.8 Å². The molecule has 0 spiro atoms. The summed E-state index contributed by atoms with van der Waals surface area (Å²) in [4.78, 5) is 25.1. The number of hydrogen-bond acceptors (Lipinski definition) is 3. The summed E-state index contributed by atoms with van der Waals surface area (Å²) in [6.07, 6.45) is 2.54. The molecule has 2 amide bonds. The lowest BCUT2D eigenvalue weighted by atomic mass is 9.83. The summed E-state index contributed by atoms with van der Waals surface area (Å²) in [6, 6.07) is 7.25. The molecule has 2 aromatic rings. The van der Waals surface area contributed by atoms with E-state index in [4.69, 9.17) is 0 Å². The maximum Gasteiger partial charge on any atom is 0.253 e. The third-order valence-corrected chi connectivity index (χ3v) is 5.51. The lowest BCUT2D eigenvalue weighted by Crippen LogP contribution is -2.49. The van der Waals surface area contributed by atoms with Crippen molar-refractivity contribution in [3.05, 3.63) is 59.2 Å². The molecular formula is C21H26FN3O3. The average molecular weight is 387 g/mol. The fourth-order valence-electron chi connectivity index (χ4n) is 3.58. The van der Waals surface area contributed by atoms with Gasteiger partial charge in [-0.05, 0) is 49.9 Å². The SMILES string of the molecule is Cc1c(C(=O)N[C@@H]2C[C@@H](C(=O)NCc3ccc(F)cc3)CC[C@H]2O)ccn1C. The van der Waals surface area contributed by atoms with E-state index in [2.05, 4.69) is 10.6 Å². The molecule has 0 radical (unpaired) electrons. The van der Waals surface area contributed by atoms with E-state index in [0.717, 1.165) is 11.3 Å². The Labute approximate surface area is 163 Å². The van der Waals surface area contributed by atoms with Gasteiger partial charge in [-0.2, -0.15) is 0 Å². The van der Waals surface area contributed by atoms with Gasteiger partial charge in [0.15, 0.2) is 0 Å². The summed E-state index contributed by atoms with van der Waals surface area (Å²) in [6.45, 7) is 2.18.